The average molecular weight is 286 g/mol. The largest absolute Gasteiger partial charge is 0.352 e. The molecule has 1 aromatic rings. The average Bonchev–Trinajstić information content (AvgIpc) is 2.46. The third kappa shape index (κ3) is 3.85. The maximum Gasteiger partial charge on any atom is 0.223 e. The van der Waals surface area contributed by atoms with Crippen LogP contribution in [0.2, 0.25) is 0 Å². The summed E-state index contributed by atoms with van der Waals surface area (Å²) in [6.07, 6.45) is 7.36. The van der Waals surface area contributed by atoms with Crippen molar-refractivity contribution in [1.82, 2.24) is 10.2 Å². The van der Waals surface area contributed by atoms with Gasteiger partial charge in [0.2, 0.25) is 5.91 Å². The number of likely N-dealkylation sites (tertiary alicyclic amines) is 1. The van der Waals surface area contributed by atoms with Gasteiger partial charge in [-0.15, -0.1) is 0 Å². The number of piperidine rings is 1. The topological polar surface area (TPSA) is 32.3 Å². The van der Waals surface area contributed by atoms with Gasteiger partial charge in [-0.05, 0) is 49.9 Å². The van der Waals surface area contributed by atoms with Gasteiger partial charge in [0.05, 0.1) is 0 Å². The molecule has 1 saturated carbocycles. The molecule has 1 amide bonds. The van der Waals surface area contributed by atoms with Crippen LogP contribution in [0.3, 0.4) is 0 Å². The Labute approximate surface area is 127 Å². The molecule has 1 heterocycles. The summed E-state index contributed by atoms with van der Waals surface area (Å²) in [4.78, 5) is 14.5. The van der Waals surface area contributed by atoms with E-state index in [9.17, 15) is 4.79 Å². The zero-order valence-corrected chi connectivity index (χ0v) is 12.8. The third-order valence-electron chi connectivity index (χ3n) is 4.89. The maximum atomic E-state index is 12.0. The van der Waals surface area contributed by atoms with E-state index in [4.69, 9.17) is 0 Å². The van der Waals surface area contributed by atoms with Crippen LogP contribution in [0.25, 0.3) is 0 Å². The minimum atomic E-state index is 0.244. The van der Waals surface area contributed by atoms with E-state index in [-0.39, 0.29) is 11.8 Å². The molecule has 2 fully saturated rings. The Bertz CT molecular complexity index is 476. The van der Waals surface area contributed by atoms with Crippen LogP contribution < -0.4 is 5.32 Å². The molecule has 21 heavy (non-hydrogen) atoms. The zero-order chi connectivity index (χ0) is 14.5. The van der Waals surface area contributed by atoms with Crippen molar-refractivity contribution < 1.29 is 4.79 Å². The molecule has 3 rings (SSSR count). The Hall–Kier alpha value is -1.35. The first-order chi connectivity index (χ1) is 10.3. The van der Waals surface area contributed by atoms with Gasteiger partial charge in [0.15, 0.2) is 0 Å². The van der Waals surface area contributed by atoms with Crippen molar-refractivity contribution in [3.8, 4) is 0 Å². The zero-order valence-electron chi connectivity index (χ0n) is 12.8. The second kappa shape index (κ2) is 7.08. The molecular formula is C18H26N2O. The first-order valence-corrected chi connectivity index (χ1v) is 8.40. The first-order valence-electron chi connectivity index (χ1n) is 8.40. The van der Waals surface area contributed by atoms with Gasteiger partial charge in [-0.1, -0.05) is 37.1 Å². The highest BCUT2D eigenvalue weighted by atomic mass is 16.1. The summed E-state index contributed by atoms with van der Waals surface area (Å²) in [5, 5.41) is 3.12. The minimum Gasteiger partial charge on any atom is -0.352 e. The van der Waals surface area contributed by atoms with E-state index >= 15 is 0 Å². The van der Waals surface area contributed by atoms with E-state index in [0.717, 1.165) is 19.4 Å². The quantitative estimate of drug-likeness (QED) is 0.902. The van der Waals surface area contributed by atoms with Crippen LogP contribution in [0.5, 0.6) is 0 Å². The SMILES string of the molecule is O=C(NCc1ccccc1CN1CCCCC1)C1CCC1. The lowest BCUT2D eigenvalue weighted by molar-refractivity contribution is -0.127. The Morgan fingerprint density at radius 2 is 1.76 bits per heavy atom. The summed E-state index contributed by atoms with van der Waals surface area (Å²) in [5.74, 6) is 0.522. The molecule has 0 spiro atoms. The van der Waals surface area contributed by atoms with Crippen LogP contribution >= 0.6 is 0 Å². The second-order valence-electron chi connectivity index (χ2n) is 6.45. The van der Waals surface area contributed by atoms with E-state index in [2.05, 4.69) is 34.5 Å². The van der Waals surface area contributed by atoms with Gasteiger partial charge in [-0.2, -0.15) is 0 Å². The van der Waals surface area contributed by atoms with Gasteiger partial charge in [0, 0.05) is 19.0 Å². The molecule has 2 aliphatic rings. The lowest BCUT2D eigenvalue weighted by atomic mass is 9.85. The van der Waals surface area contributed by atoms with Gasteiger partial charge in [-0.3, -0.25) is 9.69 Å². The number of rotatable bonds is 5. The van der Waals surface area contributed by atoms with Crippen molar-refractivity contribution in [1.29, 1.82) is 0 Å². The number of benzene rings is 1. The van der Waals surface area contributed by atoms with Gasteiger partial charge in [0.1, 0.15) is 0 Å². The Balaban J connectivity index is 1.57. The number of amides is 1. The smallest absolute Gasteiger partial charge is 0.223 e. The summed E-state index contributed by atoms with van der Waals surface area (Å²) in [6, 6.07) is 8.54. The van der Waals surface area contributed by atoms with Crippen LogP contribution in [0, 0.1) is 5.92 Å². The second-order valence-corrected chi connectivity index (χ2v) is 6.45. The van der Waals surface area contributed by atoms with Crippen LogP contribution in [-0.4, -0.2) is 23.9 Å². The molecule has 3 heteroatoms. The Morgan fingerprint density at radius 3 is 2.43 bits per heavy atom. The summed E-state index contributed by atoms with van der Waals surface area (Å²) in [6.45, 7) is 4.13. The molecular weight excluding hydrogens is 260 g/mol. The van der Waals surface area contributed by atoms with Crippen LogP contribution in [0.15, 0.2) is 24.3 Å². The molecule has 1 aliphatic heterocycles. The molecule has 1 N–H and O–H groups in total. The Morgan fingerprint density at radius 1 is 1.05 bits per heavy atom. The number of nitrogens with one attached hydrogen (secondary N) is 1. The van der Waals surface area contributed by atoms with Crippen molar-refractivity contribution in [3.63, 3.8) is 0 Å². The molecule has 1 aliphatic carbocycles. The number of hydrogen-bond donors (Lipinski definition) is 1. The highest BCUT2D eigenvalue weighted by Gasteiger charge is 2.24. The molecule has 0 bridgehead atoms. The highest BCUT2D eigenvalue weighted by molar-refractivity contribution is 5.79. The normalized spacial score (nSPS) is 20.0. The minimum absolute atomic E-state index is 0.244. The molecule has 0 atom stereocenters. The van der Waals surface area contributed by atoms with Gasteiger partial charge in [-0.25, -0.2) is 0 Å². The summed E-state index contributed by atoms with van der Waals surface area (Å²) < 4.78 is 0. The lowest BCUT2D eigenvalue weighted by Crippen LogP contribution is -2.34. The molecule has 0 radical (unpaired) electrons. The van der Waals surface area contributed by atoms with Crippen molar-refractivity contribution in [2.75, 3.05) is 13.1 Å². The fourth-order valence-corrected chi connectivity index (χ4v) is 3.24. The van der Waals surface area contributed by atoms with E-state index < -0.39 is 0 Å². The van der Waals surface area contributed by atoms with Crippen LogP contribution in [0.4, 0.5) is 0 Å². The summed E-state index contributed by atoms with van der Waals surface area (Å²) >= 11 is 0. The molecule has 0 unspecified atom stereocenters. The molecule has 1 saturated heterocycles. The van der Waals surface area contributed by atoms with Crippen molar-refractivity contribution >= 4 is 5.91 Å². The van der Waals surface area contributed by atoms with E-state index in [0.29, 0.717) is 6.54 Å². The Kier molecular flexibility index (Phi) is 4.91. The number of hydrogen-bond acceptors (Lipinski definition) is 2. The fraction of sp³-hybridized carbons (Fsp3) is 0.611. The van der Waals surface area contributed by atoms with Crippen LogP contribution in [0.1, 0.15) is 49.7 Å². The predicted octanol–water partition coefficient (Wildman–Crippen LogP) is 3.09. The lowest BCUT2D eigenvalue weighted by Gasteiger charge is -2.27. The predicted molar refractivity (Wildman–Crippen MR) is 84.8 cm³/mol. The fourth-order valence-electron chi connectivity index (χ4n) is 3.24. The maximum absolute atomic E-state index is 12.0. The number of carbonyl (C=O) groups is 1. The van der Waals surface area contributed by atoms with Crippen molar-refractivity contribution in [2.24, 2.45) is 5.92 Å². The number of nitrogens with zero attached hydrogens (tertiary/aromatic N) is 1. The molecule has 0 aromatic heterocycles. The summed E-state index contributed by atoms with van der Waals surface area (Å²) in [5.41, 5.74) is 2.64. The van der Waals surface area contributed by atoms with E-state index in [1.807, 2.05) is 0 Å². The molecule has 1 aromatic carbocycles. The standard InChI is InChI=1S/C18H26N2O/c21-18(15-9-6-10-15)19-13-16-7-2-3-8-17(16)14-20-11-4-1-5-12-20/h2-3,7-8,15H,1,4-6,9-14H2,(H,19,21). The van der Waals surface area contributed by atoms with E-state index in [1.165, 1.54) is 49.9 Å². The first kappa shape index (κ1) is 14.6. The van der Waals surface area contributed by atoms with E-state index in [1.54, 1.807) is 0 Å². The monoisotopic (exact) mass is 286 g/mol. The van der Waals surface area contributed by atoms with Crippen LogP contribution in [-0.2, 0) is 17.9 Å². The highest BCUT2D eigenvalue weighted by Crippen LogP contribution is 2.26. The molecule has 3 nitrogen and oxygen atoms in total. The van der Waals surface area contributed by atoms with Gasteiger partial charge >= 0.3 is 0 Å². The number of carbonyl (C=O) groups excluding carboxylic acids is 1. The van der Waals surface area contributed by atoms with Gasteiger partial charge in [0.25, 0.3) is 0 Å². The van der Waals surface area contributed by atoms with Crippen molar-refractivity contribution in [2.45, 2.75) is 51.6 Å². The molecule has 114 valence electrons. The third-order valence-corrected chi connectivity index (χ3v) is 4.89. The van der Waals surface area contributed by atoms with Gasteiger partial charge < -0.3 is 5.32 Å². The summed E-state index contributed by atoms with van der Waals surface area (Å²) in [7, 11) is 0. The van der Waals surface area contributed by atoms with Crippen molar-refractivity contribution in [3.05, 3.63) is 35.4 Å².